The maximum Gasteiger partial charge on any atom is 0.350 e. The van der Waals surface area contributed by atoms with Gasteiger partial charge in [-0.05, 0) is 29.2 Å². The Hall–Kier alpha value is -1.23. The molecule has 0 saturated carbocycles. The molecule has 0 saturated heterocycles. The van der Waals surface area contributed by atoms with Crippen LogP contribution in [0, 0.1) is 0 Å². The fraction of sp³-hybridized carbons (Fsp3) is 0.267. The number of rotatable bonds is 3. The van der Waals surface area contributed by atoms with E-state index in [1.54, 1.807) is 12.1 Å². The Morgan fingerprint density at radius 2 is 1.95 bits per heavy atom. The van der Waals surface area contributed by atoms with Crippen LogP contribution in [0.5, 0.6) is 0 Å². The fourth-order valence-corrected chi connectivity index (χ4v) is 3.72. The van der Waals surface area contributed by atoms with E-state index in [2.05, 4.69) is 0 Å². The highest BCUT2D eigenvalue weighted by atomic mass is 35.5. The van der Waals surface area contributed by atoms with Crippen LogP contribution in [0.4, 0.5) is 5.69 Å². The van der Waals surface area contributed by atoms with Crippen molar-refractivity contribution in [3.63, 3.8) is 0 Å². The number of nitrogens with two attached hydrogens (primary N) is 1. The maximum absolute atomic E-state index is 11.8. The van der Waals surface area contributed by atoms with Gasteiger partial charge in [0.1, 0.15) is 4.88 Å². The van der Waals surface area contributed by atoms with Crippen LogP contribution in [0.25, 0.3) is 10.4 Å². The molecule has 2 rings (SSSR count). The minimum absolute atomic E-state index is 0.170. The monoisotopic (exact) mass is 343 g/mol. The Kier molecular flexibility index (Phi) is 4.81. The van der Waals surface area contributed by atoms with Gasteiger partial charge in [-0.1, -0.05) is 43.1 Å². The SMILES string of the molecule is COC(=O)c1sc(-c2ccc(Cl)c(Cl)c2)c(C(C)C)c1N. The number of carbonyl (C=O) groups excluding carboxylic acids is 1. The Balaban J connectivity index is 2.67. The van der Waals surface area contributed by atoms with E-state index in [0.29, 0.717) is 20.6 Å². The van der Waals surface area contributed by atoms with Crippen LogP contribution in [-0.4, -0.2) is 13.1 Å². The zero-order chi connectivity index (χ0) is 15.7. The summed E-state index contributed by atoms with van der Waals surface area (Å²) in [6, 6.07) is 5.38. The summed E-state index contributed by atoms with van der Waals surface area (Å²) in [5.74, 6) is -0.255. The van der Waals surface area contributed by atoms with Crippen molar-refractivity contribution >= 4 is 46.2 Å². The average molecular weight is 344 g/mol. The molecule has 0 unspecified atom stereocenters. The van der Waals surface area contributed by atoms with Crippen molar-refractivity contribution in [2.45, 2.75) is 19.8 Å². The van der Waals surface area contributed by atoms with Gasteiger partial charge in [-0.15, -0.1) is 11.3 Å². The lowest BCUT2D eigenvalue weighted by Crippen LogP contribution is -2.03. The van der Waals surface area contributed by atoms with Crippen LogP contribution >= 0.6 is 34.5 Å². The molecule has 0 amide bonds. The molecule has 6 heteroatoms. The summed E-state index contributed by atoms with van der Waals surface area (Å²) in [5, 5.41) is 0.958. The Labute approximate surface area is 137 Å². The molecule has 112 valence electrons. The van der Waals surface area contributed by atoms with Crippen LogP contribution in [0.1, 0.15) is 35.0 Å². The summed E-state index contributed by atoms with van der Waals surface area (Å²) in [4.78, 5) is 13.2. The summed E-state index contributed by atoms with van der Waals surface area (Å²) in [7, 11) is 1.34. The van der Waals surface area contributed by atoms with Gasteiger partial charge in [-0.2, -0.15) is 0 Å². The quantitative estimate of drug-likeness (QED) is 0.777. The van der Waals surface area contributed by atoms with E-state index < -0.39 is 5.97 Å². The number of esters is 1. The predicted molar refractivity (Wildman–Crippen MR) is 89.6 cm³/mol. The molecule has 2 N–H and O–H groups in total. The van der Waals surface area contributed by atoms with E-state index in [9.17, 15) is 4.79 Å². The molecule has 0 atom stereocenters. The lowest BCUT2D eigenvalue weighted by atomic mass is 9.98. The van der Waals surface area contributed by atoms with Crippen molar-refractivity contribution in [2.24, 2.45) is 0 Å². The van der Waals surface area contributed by atoms with Gasteiger partial charge in [0.2, 0.25) is 0 Å². The van der Waals surface area contributed by atoms with Crippen LogP contribution in [0.2, 0.25) is 10.0 Å². The molecule has 0 spiro atoms. The molecule has 0 aliphatic rings. The van der Waals surface area contributed by atoms with Crippen LogP contribution in [0.3, 0.4) is 0 Å². The van der Waals surface area contributed by atoms with Gasteiger partial charge in [-0.25, -0.2) is 4.79 Å². The number of hydrogen-bond donors (Lipinski definition) is 1. The third kappa shape index (κ3) is 3.03. The van der Waals surface area contributed by atoms with Crippen molar-refractivity contribution in [1.29, 1.82) is 0 Å². The van der Waals surface area contributed by atoms with Crippen molar-refractivity contribution in [2.75, 3.05) is 12.8 Å². The topological polar surface area (TPSA) is 52.3 Å². The van der Waals surface area contributed by atoms with E-state index in [1.807, 2.05) is 19.9 Å². The minimum atomic E-state index is -0.425. The summed E-state index contributed by atoms with van der Waals surface area (Å²) < 4.78 is 4.79. The number of hydrogen-bond acceptors (Lipinski definition) is 4. The second-order valence-electron chi connectivity index (χ2n) is 4.86. The lowest BCUT2D eigenvalue weighted by molar-refractivity contribution is 0.0607. The smallest absolute Gasteiger partial charge is 0.350 e. The first-order valence-corrected chi connectivity index (χ1v) is 7.90. The normalized spacial score (nSPS) is 11.0. The van der Waals surface area contributed by atoms with Gasteiger partial charge >= 0.3 is 5.97 Å². The molecule has 0 fully saturated rings. The molecule has 3 nitrogen and oxygen atoms in total. The van der Waals surface area contributed by atoms with Gasteiger partial charge in [0, 0.05) is 4.88 Å². The van der Waals surface area contributed by atoms with E-state index in [1.165, 1.54) is 18.4 Å². The molecule has 0 bridgehead atoms. The van der Waals surface area contributed by atoms with E-state index in [4.69, 9.17) is 33.7 Å². The minimum Gasteiger partial charge on any atom is -0.465 e. The molecular weight excluding hydrogens is 329 g/mol. The molecule has 0 aliphatic heterocycles. The number of carbonyl (C=O) groups is 1. The number of nitrogen functional groups attached to an aromatic ring is 1. The summed E-state index contributed by atoms with van der Waals surface area (Å²) in [5.41, 5.74) is 8.43. The molecule has 0 radical (unpaired) electrons. The van der Waals surface area contributed by atoms with Crippen molar-refractivity contribution in [3.05, 3.63) is 38.7 Å². The van der Waals surface area contributed by atoms with Crippen molar-refractivity contribution in [3.8, 4) is 10.4 Å². The van der Waals surface area contributed by atoms with Gasteiger partial charge in [0.25, 0.3) is 0 Å². The highest BCUT2D eigenvalue weighted by Crippen LogP contribution is 2.44. The van der Waals surface area contributed by atoms with Gasteiger partial charge in [0.05, 0.1) is 22.8 Å². The zero-order valence-corrected chi connectivity index (χ0v) is 14.2. The number of anilines is 1. The molecule has 0 aliphatic carbocycles. The van der Waals surface area contributed by atoms with Crippen LogP contribution < -0.4 is 5.73 Å². The van der Waals surface area contributed by atoms with Gasteiger partial charge < -0.3 is 10.5 Å². The maximum atomic E-state index is 11.8. The number of benzene rings is 1. The predicted octanol–water partition coefficient (Wildman–Crippen LogP) is 5.21. The first-order chi connectivity index (χ1) is 9.86. The highest BCUT2D eigenvalue weighted by Gasteiger charge is 2.24. The molecule has 1 aromatic carbocycles. The van der Waals surface area contributed by atoms with E-state index in [0.717, 1.165) is 16.0 Å². The average Bonchev–Trinajstić information content (AvgIpc) is 2.78. The van der Waals surface area contributed by atoms with Gasteiger partial charge in [0.15, 0.2) is 0 Å². The van der Waals surface area contributed by atoms with Crippen LogP contribution in [0.15, 0.2) is 18.2 Å². The summed E-state index contributed by atoms with van der Waals surface area (Å²) >= 11 is 13.3. The molecule has 1 heterocycles. The van der Waals surface area contributed by atoms with Crippen LogP contribution in [-0.2, 0) is 4.74 Å². The standard InChI is InChI=1S/C15H15Cl2NO2S/c1-7(2)11-12(18)14(15(19)20-3)21-13(11)8-4-5-9(16)10(17)6-8/h4-7H,18H2,1-3H3. The number of ether oxygens (including phenoxy) is 1. The van der Waals surface area contributed by atoms with Crippen molar-refractivity contribution < 1.29 is 9.53 Å². The number of halogens is 2. The third-order valence-corrected chi connectivity index (χ3v) is 5.10. The summed E-state index contributed by atoms with van der Waals surface area (Å²) in [6.07, 6.45) is 0. The zero-order valence-electron chi connectivity index (χ0n) is 11.9. The Morgan fingerprint density at radius 1 is 1.29 bits per heavy atom. The third-order valence-electron chi connectivity index (χ3n) is 3.11. The Morgan fingerprint density at radius 3 is 2.48 bits per heavy atom. The largest absolute Gasteiger partial charge is 0.465 e. The fourth-order valence-electron chi connectivity index (χ4n) is 2.13. The number of methoxy groups -OCH3 is 1. The van der Waals surface area contributed by atoms with Gasteiger partial charge in [-0.3, -0.25) is 0 Å². The van der Waals surface area contributed by atoms with E-state index >= 15 is 0 Å². The highest BCUT2D eigenvalue weighted by molar-refractivity contribution is 7.18. The Bertz CT molecular complexity index is 695. The molecule has 1 aromatic heterocycles. The number of thiophene rings is 1. The second kappa shape index (κ2) is 6.26. The molecule has 21 heavy (non-hydrogen) atoms. The second-order valence-corrected chi connectivity index (χ2v) is 6.70. The lowest BCUT2D eigenvalue weighted by Gasteiger charge is -2.09. The molecular formula is C15H15Cl2NO2S. The van der Waals surface area contributed by atoms with Crippen molar-refractivity contribution in [1.82, 2.24) is 0 Å². The first-order valence-electron chi connectivity index (χ1n) is 6.32. The summed E-state index contributed by atoms with van der Waals surface area (Å²) in [6.45, 7) is 4.06. The first kappa shape index (κ1) is 16.1. The van der Waals surface area contributed by atoms with E-state index in [-0.39, 0.29) is 5.92 Å². The molecule has 2 aromatic rings.